The number of nitrogens with zero attached hydrogens (tertiary/aromatic N) is 1. The molecule has 128 valence electrons. The Kier molecular flexibility index (Phi) is 3.97. The summed E-state index contributed by atoms with van der Waals surface area (Å²) in [6.07, 6.45) is 4.94. The maximum absolute atomic E-state index is 14.1. The summed E-state index contributed by atoms with van der Waals surface area (Å²) in [5.74, 6) is -0.882. The number of carbonyl (C=O) groups is 1. The van der Waals surface area contributed by atoms with E-state index in [1.54, 1.807) is 65.4 Å². The molecule has 26 heavy (non-hydrogen) atoms. The minimum atomic E-state index is -0.509. The first-order chi connectivity index (χ1) is 12.6. The van der Waals surface area contributed by atoms with Gasteiger partial charge in [0.25, 0.3) is 0 Å². The maximum atomic E-state index is 14.1. The number of aromatic nitrogens is 1. The Labute approximate surface area is 148 Å². The van der Waals surface area contributed by atoms with Crippen LogP contribution in [0, 0.1) is 11.6 Å². The average Bonchev–Trinajstić information content (AvgIpc) is 3.24. The van der Waals surface area contributed by atoms with E-state index >= 15 is 0 Å². The number of para-hydroxylation sites is 1. The Morgan fingerprint density at radius 3 is 2.46 bits per heavy atom. The molecule has 0 saturated heterocycles. The molecule has 0 atom stereocenters. The summed E-state index contributed by atoms with van der Waals surface area (Å²) < 4.78 is 34.0. The van der Waals surface area contributed by atoms with Crippen molar-refractivity contribution in [2.24, 2.45) is 0 Å². The van der Waals surface area contributed by atoms with Gasteiger partial charge in [0.05, 0.1) is 11.3 Å². The Balaban J connectivity index is 1.71. The molecule has 4 rings (SSSR count). The molecule has 0 fully saturated rings. The molecule has 0 bridgehead atoms. The monoisotopic (exact) mass is 349 g/mol. The number of benzene rings is 2. The fraction of sp³-hybridized carbons (Fsp3) is 0. The van der Waals surface area contributed by atoms with Crippen molar-refractivity contribution in [3.05, 3.63) is 101 Å². The number of rotatable bonds is 3. The molecule has 0 spiro atoms. The van der Waals surface area contributed by atoms with Crippen LogP contribution in [0.15, 0.2) is 78.5 Å². The first kappa shape index (κ1) is 16.0. The molecule has 0 aliphatic carbocycles. The number of carbonyl (C=O) groups excluding carboxylic acids is 1. The molecule has 1 aliphatic heterocycles. The van der Waals surface area contributed by atoms with Gasteiger partial charge >= 0.3 is 5.97 Å². The highest BCUT2D eigenvalue weighted by Gasteiger charge is 2.22. The molecule has 1 aliphatic rings. The molecular weight excluding hydrogens is 336 g/mol. The number of hydrogen-bond acceptors (Lipinski definition) is 2. The summed E-state index contributed by atoms with van der Waals surface area (Å²) >= 11 is 0. The van der Waals surface area contributed by atoms with E-state index < -0.39 is 5.97 Å². The lowest BCUT2D eigenvalue weighted by molar-refractivity contribution is -0.130. The van der Waals surface area contributed by atoms with Crippen LogP contribution in [0.3, 0.4) is 0 Å². The second kappa shape index (κ2) is 6.44. The van der Waals surface area contributed by atoms with E-state index in [-0.39, 0.29) is 11.6 Å². The van der Waals surface area contributed by atoms with Crippen molar-refractivity contribution in [3.63, 3.8) is 0 Å². The molecule has 0 N–H and O–H groups in total. The van der Waals surface area contributed by atoms with Crippen molar-refractivity contribution in [1.82, 2.24) is 4.57 Å². The van der Waals surface area contributed by atoms with Crippen molar-refractivity contribution >= 4 is 17.8 Å². The molecule has 2 aromatic carbocycles. The quantitative estimate of drug-likeness (QED) is 0.505. The standard InChI is InChI=1S/C21H13F2NO2/c22-16-9-7-14(8-10-16)20-13-15(21(25)26-20)12-17-4-3-11-24(17)19-6-2-1-5-18(19)23/h1-13H. The van der Waals surface area contributed by atoms with Gasteiger partial charge in [0.1, 0.15) is 17.4 Å². The molecule has 0 amide bonds. The zero-order valence-electron chi connectivity index (χ0n) is 13.5. The van der Waals surface area contributed by atoms with E-state index in [1.807, 2.05) is 0 Å². The van der Waals surface area contributed by atoms with Crippen molar-refractivity contribution in [2.45, 2.75) is 0 Å². The molecule has 0 unspecified atom stereocenters. The van der Waals surface area contributed by atoms with Gasteiger partial charge in [-0.25, -0.2) is 13.6 Å². The molecule has 0 saturated carbocycles. The number of esters is 1. The highest BCUT2D eigenvalue weighted by Crippen LogP contribution is 2.28. The van der Waals surface area contributed by atoms with Crippen molar-refractivity contribution in [1.29, 1.82) is 0 Å². The van der Waals surface area contributed by atoms with E-state index in [9.17, 15) is 13.6 Å². The smallest absolute Gasteiger partial charge is 0.343 e. The third kappa shape index (κ3) is 2.95. The average molecular weight is 349 g/mol. The van der Waals surface area contributed by atoms with Crippen LogP contribution in [0.2, 0.25) is 0 Å². The summed E-state index contributed by atoms with van der Waals surface area (Å²) in [6.45, 7) is 0. The van der Waals surface area contributed by atoms with E-state index in [0.29, 0.717) is 28.3 Å². The highest BCUT2D eigenvalue weighted by molar-refractivity contribution is 6.05. The number of cyclic esters (lactones) is 1. The molecule has 1 aromatic heterocycles. The normalized spacial score (nSPS) is 15.2. The molecule has 0 radical (unpaired) electrons. The minimum Gasteiger partial charge on any atom is -0.422 e. The lowest BCUT2D eigenvalue weighted by Crippen LogP contribution is -2.00. The van der Waals surface area contributed by atoms with Gasteiger partial charge in [-0.1, -0.05) is 12.1 Å². The van der Waals surface area contributed by atoms with Gasteiger partial charge in [-0.2, -0.15) is 0 Å². The highest BCUT2D eigenvalue weighted by atomic mass is 19.1. The van der Waals surface area contributed by atoms with Crippen LogP contribution in [-0.2, 0) is 9.53 Å². The van der Waals surface area contributed by atoms with Gasteiger partial charge in [0.15, 0.2) is 0 Å². The summed E-state index contributed by atoms with van der Waals surface area (Å²) in [4.78, 5) is 12.2. The van der Waals surface area contributed by atoms with Crippen LogP contribution in [0.25, 0.3) is 17.5 Å². The zero-order chi connectivity index (χ0) is 18.1. The van der Waals surface area contributed by atoms with E-state index in [1.165, 1.54) is 18.2 Å². The van der Waals surface area contributed by atoms with Gasteiger partial charge in [0.2, 0.25) is 0 Å². The molecule has 2 heterocycles. The SMILES string of the molecule is O=C1OC(c2ccc(F)cc2)=CC1=Cc1cccn1-c1ccccc1F. The Hall–Kier alpha value is -3.47. The first-order valence-electron chi connectivity index (χ1n) is 7.95. The Morgan fingerprint density at radius 1 is 0.923 bits per heavy atom. The predicted octanol–water partition coefficient (Wildman–Crippen LogP) is 4.74. The van der Waals surface area contributed by atoms with Crippen molar-refractivity contribution < 1.29 is 18.3 Å². The van der Waals surface area contributed by atoms with Crippen LogP contribution in [0.5, 0.6) is 0 Å². The molecule has 5 heteroatoms. The van der Waals surface area contributed by atoms with Crippen LogP contribution in [-0.4, -0.2) is 10.5 Å². The molecule has 3 nitrogen and oxygen atoms in total. The second-order valence-electron chi connectivity index (χ2n) is 5.76. The Morgan fingerprint density at radius 2 is 1.69 bits per heavy atom. The second-order valence-corrected chi connectivity index (χ2v) is 5.76. The lowest BCUT2D eigenvalue weighted by Gasteiger charge is -2.07. The van der Waals surface area contributed by atoms with Gasteiger partial charge < -0.3 is 9.30 Å². The van der Waals surface area contributed by atoms with E-state index in [4.69, 9.17) is 4.74 Å². The van der Waals surface area contributed by atoms with Crippen LogP contribution in [0.1, 0.15) is 11.3 Å². The van der Waals surface area contributed by atoms with Crippen molar-refractivity contribution in [3.8, 4) is 5.69 Å². The van der Waals surface area contributed by atoms with E-state index in [0.717, 1.165) is 0 Å². The van der Waals surface area contributed by atoms with Crippen LogP contribution < -0.4 is 0 Å². The van der Waals surface area contributed by atoms with Crippen LogP contribution >= 0.6 is 0 Å². The Bertz CT molecular complexity index is 1050. The van der Waals surface area contributed by atoms with Gasteiger partial charge in [0, 0.05) is 17.5 Å². The first-order valence-corrected chi connectivity index (χ1v) is 7.95. The van der Waals surface area contributed by atoms with Gasteiger partial charge in [-0.15, -0.1) is 0 Å². The lowest BCUT2D eigenvalue weighted by atomic mass is 10.1. The third-order valence-corrected chi connectivity index (χ3v) is 4.05. The number of hydrogen-bond donors (Lipinski definition) is 0. The third-order valence-electron chi connectivity index (χ3n) is 4.05. The summed E-state index contributed by atoms with van der Waals surface area (Å²) in [7, 11) is 0. The maximum Gasteiger partial charge on any atom is 0.343 e. The van der Waals surface area contributed by atoms with Crippen molar-refractivity contribution in [2.75, 3.05) is 0 Å². The molecule has 3 aromatic rings. The fourth-order valence-corrected chi connectivity index (χ4v) is 2.78. The minimum absolute atomic E-state index is 0.334. The topological polar surface area (TPSA) is 31.2 Å². The zero-order valence-corrected chi connectivity index (χ0v) is 13.5. The van der Waals surface area contributed by atoms with Gasteiger partial charge in [-0.3, -0.25) is 0 Å². The van der Waals surface area contributed by atoms with Crippen LogP contribution in [0.4, 0.5) is 8.78 Å². The summed E-state index contributed by atoms with van der Waals surface area (Å²) in [5, 5.41) is 0. The number of ether oxygens (including phenoxy) is 1. The summed E-state index contributed by atoms with van der Waals surface area (Å²) in [6, 6.07) is 15.6. The predicted molar refractivity (Wildman–Crippen MR) is 94.2 cm³/mol. The fourth-order valence-electron chi connectivity index (χ4n) is 2.78. The summed E-state index contributed by atoms with van der Waals surface area (Å²) in [5.41, 5.74) is 1.96. The molecular formula is C21H13F2NO2. The largest absolute Gasteiger partial charge is 0.422 e. The van der Waals surface area contributed by atoms with Gasteiger partial charge in [-0.05, 0) is 60.7 Å². The number of halogens is 2. The van der Waals surface area contributed by atoms with E-state index in [2.05, 4.69) is 0 Å².